The van der Waals surface area contributed by atoms with Gasteiger partial charge >= 0.3 is 5.69 Å². The van der Waals surface area contributed by atoms with E-state index in [2.05, 4.69) is 10.3 Å². The van der Waals surface area contributed by atoms with E-state index in [1.54, 1.807) is 24.3 Å². The monoisotopic (exact) mass is 465 g/mol. The van der Waals surface area contributed by atoms with Gasteiger partial charge < -0.3 is 20.7 Å². The maximum atomic E-state index is 13.2. The second kappa shape index (κ2) is 11.1. The molecule has 0 spiro atoms. The third-order valence-electron chi connectivity index (χ3n) is 5.22. The van der Waals surface area contributed by atoms with Crippen LogP contribution in [0.2, 0.25) is 0 Å². The van der Waals surface area contributed by atoms with Crippen LogP contribution < -0.4 is 27.2 Å². The predicted octanol–water partition coefficient (Wildman–Crippen LogP) is 1.46. The smallest absolute Gasteiger partial charge is 0.330 e. The summed E-state index contributed by atoms with van der Waals surface area (Å²) in [6, 6.07) is 15.9. The number of benzene rings is 2. The zero-order valence-corrected chi connectivity index (χ0v) is 19.0. The molecule has 178 valence electrons. The quantitative estimate of drug-likeness (QED) is 0.385. The normalized spacial score (nSPS) is 10.6. The molecule has 0 atom stereocenters. The number of ether oxygens (including phenoxy) is 1. The number of hydrogen-bond donors (Lipinski definition) is 3. The Labute approximate surface area is 196 Å². The third kappa shape index (κ3) is 5.59. The van der Waals surface area contributed by atoms with E-state index in [9.17, 15) is 19.2 Å². The Morgan fingerprint density at radius 3 is 2.44 bits per heavy atom. The first-order valence-corrected chi connectivity index (χ1v) is 10.6. The molecule has 0 saturated carbocycles. The number of aromatic nitrogens is 2. The first kappa shape index (κ1) is 24.5. The number of carbonyl (C=O) groups is 2. The Kier molecular flexibility index (Phi) is 7.99. The Balaban J connectivity index is 1.95. The van der Waals surface area contributed by atoms with Gasteiger partial charge in [0.25, 0.3) is 5.56 Å². The summed E-state index contributed by atoms with van der Waals surface area (Å²) < 4.78 is 6.31. The molecule has 3 rings (SSSR count). The summed E-state index contributed by atoms with van der Waals surface area (Å²) in [6.45, 7) is 1.49. The van der Waals surface area contributed by atoms with Gasteiger partial charge in [0.2, 0.25) is 5.91 Å². The minimum atomic E-state index is -0.777. The van der Waals surface area contributed by atoms with Crippen LogP contribution in [0.25, 0.3) is 0 Å². The number of H-pyrrole nitrogens is 1. The molecule has 0 aliphatic carbocycles. The highest BCUT2D eigenvalue weighted by Crippen LogP contribution is 2.19. The van der Waals surface area contributed by atoms with Gasteiger partial charge in [-0.3, -0.25) is 23.9 Å². The van der Waals surface area contributed by atoms with Gasteiger partial charge in [-0.1, -0.05) is 42.5 Å². The number of para-hydroxylation sites is 1. The van der Waals surface area contributed by atoms with E-state index in [-0.39, 0.29) is 43.5 Å². The number of Topliss-reactive ketones (excluding diaryl/α,β-unsaturated/α-hetero) is 1. The molecule has 3 aromatic rings. The molecule has 1 heterocycles. The molecular formula is C24H27N5O5. The van der Waals surface area contributed by atoms with E-state index in [1.165, 1.54) is 23.5 Å². The Bertz CT molecular complexity index is 1280. The molecule has 0 fully saturated rings. The molecule has 0 aliphatic rings. The summed E-state index contributed by atoms with van der Waals surface area (Å²) in [7, 11) is 1.47. The second-order valence-electron chi connectivity index (χ2n) is 7.56. The second-order valence-corrected chi connectivity index (χ2v) is 7.56. The van der Waals surface area contributed by atoms with Gasteiger partial charge in [-0.15, -0.1) is 0 Å². The minimum absolute atomic E-state index is 0.0299. The standard InChI is InChI=1S/C24H27N5O5/c1-16(30)18-10-6-7-11-19(18)26-14-20(31)28(12-13-34-2)21-22(25)29(24(33)27-23(21)32)15-17-8-4-3-5-9-17/h3-11,26H,12-15,25H2,1-2H3,(H,27,32,33). The van der Waals surface area contributed by atoms with Gasteiger partial charge in [-0.2, -0.15) is 0 Å². The maximum absolute atomic E-state index is 13.2. The molecule has 0 aliphatic heterocycles. The van der Waals surface area contributed by atoms with Gasteiger partial charge in [-0.05, 0) is 24.6 Å². The van der Waals surface area contributed by atoms with E-state index in [1.807, 2.05) is 30.3 Å². The Morgan fingerprint density at radius 1 is 1.09 bits per heavy atom. The average Bonchev–Trinajstić information content (AvgIpc) is 2.83. The highest BCUT2D eigenvalue weighted by atomic mass is 16.5. The molecule has 0 unspecified atom stereocenters. The van der Waals surface area contributed by atoms with Crippen molar-refractivity contribution in [3.05, 3.63) is 86.6 Å². The molecule has 2 aromatic carbocycles. The Hall–Kier alpha value is -4.18. The van der Waals surface area contributed by atoms with E-state index in [4.69, 9.17) is 10.5 Å². The number of nitrogen functional groups attached to an aromatic ring is 1. The van der Waals surface area contributed by atoms with Gasteiger partial charge in [0.05, 0.1) is 19.7 Å². The summed E-state index contributed by atoms with van der Waals surface area (Å²) in [6.07, 6.45) is 0. The molecule has 4 N–H and O–H groups in total. The molecular weight excluding hydrogens is 438 g/mol. The van der Waals surface area contributed by atoms with Crippen LogP contribution in [-0.4, -0.2) is 48.0 Å². The molecule has 1 aromatic heterocycles. The number of aromatic amines is 1. The van der Waals surface area contributed by atoms with Gasteiger partial charge in [0.15, 0.2) is 11.5 Å². The molecule has 0 saturated heterocycles. The zero-order chi connectivity index (χ0) is 24.7. The number of amides is 1. The lowest BCUT2D eigenvalue weighted by molar-refractivity contribution is -0.117. The topological polar surface area (TPSA) is 140 Å². The zero-order valence-electron chi connectivity index (χ0n) is 19.0. The van der Waals surface area contributed by atoms with Crippen molar-refractivity contribution in [2.45, 2.75) is 13.5 Å². The lowest BCUT2D eigenvalue weighted by Crippen LogP contribution is -2.44. The fourth-order valence-corrected chi connectivity index (χ4v) is 3.52. The van der Waals surface area contributed by atoms with Gasteiger partial charge in [0.1, 0.15) is 5.82 Å². The molecule has 10 heteroatoms. The van der Waals surface area contributed by atoms with Gasteiger partial charge in [-0.25, -0.2) is 4.79 Å². The maximum Gasteiger partial charge on any atom is 0.330 e. The van der Waals surface area contributed by atoms with Crippen LogP contribution in [0.1, 0.15) is 22.8 Å². The number of ketones is 1. The summed E-state index contributed by atoms with van der Waals surface area (Å²) in [5.74, 6) is -0.774. The molecule has 34 heavy (non-hydrogen) atoms. The fraction of sp³-hybridized carbons (Fsp3) is 0.250. The van der Waals surface area contributed by atoms with Crippen LogP contribution in [0.15, 0.2) is 64.2 Å². The van der Waals surface area contributed by atoms with Crippen LogP contribution in [-0.2, 0) is 16.1 Å². The fourth-order valence-electron chi connectivity index (χ4n) is 3.52. The van der Waals surface area contributed by atoms with Crippen molar-refractivity contribution in [1.82, 2.24) is 9.55 Å². The molecule has 0 bridgehead atoms. The van der Waals surface area contributed by atoms with Crippen molar-refractivity contribution in [2.75, 3.05) is 42.8 Å². The number of nitrogens with one attached hydrogen (secondary N) is 2. The van der Waals surface area contributed by atoms with E-state index in [0.717, 1.165) is 5.56 Å². The SMILES string of the molecule is COCCN(C(=O)CNc1ccccc1C(C)=O)c1c(N)n(Cc2ccccc2)c(=O)[nH]c1=O. The Morgan fingerprint density at radius 2 is 1.76 bits per heavy atom. The van der Waals surface area contributed by atoms with Gasteiger partial charge in [0, 0.05) is 24.9 Å². The number of anilines is 3. The van der Waals surface area contributed by atoms with E-state index < -0.39 is 17.2 Å². The van der Waals surface area contributed by atoms with Crippen LogP contribution in [0.3, 0.4) is 0 Å². The first-order valence-electron chi connectivity index (χ1n) is 10.6. The average molecular weight is 466 g/mol. The number of rotatable bonds is 10. The van der Waals surface area contributed by atoms with Crippen molar-refractivity contribution in [3.63, 3.8) is 0 Å². The van der Waals surface area contributed by atoms with Crippen LogP contribution >= 0.6 is 0 Å². The van der Waals surface area contributed by atoms with Crippen LogP contribution in [0.4, 0.5) is 17.2 Å². The number of hydrogen-bond acceptors (Lipinski definition) is 7. The lowest BCUT2D eigenvalue weighted by Gasteiger charge is -2.25. The summed E-state index contributed by atoms with van der Waals surface area (Å²) >= 11 is 0. The summed E-state index contributed by atoms with van der Waals surface area (Å²) in [4.78, 5) is 53.7. The van der Waals surface area contributed by atoms with Crippen LogP contribution in [0, 0.1) is 0 Å². The number of methoxy groups -OCH3 is 1. The highest BCUT2D eigenvalue weighted by molar-refractivity contribution is 6.01. The predicted molar refractivity (Wildman–Crippen MR) is 130 cm³/mol. The van der Waals surface area contributed by atoms with Crippen LogP contribution in [0.5, 0.6) is 0 Å². The molecule has 10 nitrogen and oxygen atoms in total. The molecule has 1 amide bonds. The first-order chi connectivity index (χ1) is 16.3. The largest absolute Gasteiger partial charge is 0.383 e. The van der Waals surface area contributed by atoms with Crippen molar-refractivity contribution in [1.29, 1.82) is 0 Å². The molecule has 0 radical (unpaired) electrons. The third-order valence-corrected chi connectivity index (χ3v) is 5.22. The van der Waals surface area contributed by atoms with E-state index in [0.29, 0.717) is 11.3 Å². The van der Waals surface area contributed by atoms with Crippen molar-refractivity contribution < 1.29 is 14.3 Å². The lowest BCUT2D eigenvalue weighted by atomic mass is 10.1. The number of nitrogens with zero attached hydrogens (tertiary/aromatic N) is 2. The minimum Gasteiger partial charge on any atom is -0.383 e. The van der Waals surface area contributed by atoms with Crippen molar-refractivity contribution in [2.24, 2.45) is 0 Å². The highest BCUT2D eigenvalue weighted by Gasteiger charge is 2.24. The summed E-state index contributed by atoms with van der Waals surface area (Å²) in [5, 5.41) is 2.95. The van der Waals surface area contributed by atoms with Crippen molar-refractivity contribution in [3.8, 4) is 0 Å². The number of carbonyl (C=O) groups excluding carboxylic acids is 2. The summed E-state index contributed by atoms with van der Waals surface area (Å²) in [5.41, 5.74) is 6.39. The van der Waals surface area contributed by atoms with Crippen molar-refractivity contribution >= 4 is 28.9 Å². The van der Waals surface area contributed by atoms with E-state index >= 15 is 0 Å². The number of nitrogens with two attached hydrogens (primary N) is 1.